The van der Waals surface area contributed by atoms with Crippen molar-refractivity contribution in [2.45, 2.75) is 0 Å². The fourth-order valence-corrected chi connectivity index (χ4v) is 8.17. The Morgan fingerprint density at radius 1 is 0.327 bits per heavy atom. The van der Waals surface area contributed by atoms with Gasteiger partial charge < -0.3 is 0 Å². The second-order valence-corrected chi connectivity index (χ2v) is 14.0. The molecule has 8 aromatic carbocycles. The molecule has 1 aliphatic rings. The van der Waals surface area contributed by atoms with Crippen LogP contribution >= 0.6 is 0 Å². The molecule has 0 saturated carbocycles. The molecule has 256 valence electrons. The van der Waals surface area contributed by atoms with E-state index in [1.807, 2.05) is 12.1 Å². The largest absolute Gasteiger partial charge is 0.291 e. The highest BCUT2D eigenvalue weighted by Crippen LogP contribution is 2.45. The average molecular weight is 701 g/mol. The average Bonchev–Trinajstić information content (AvgIpc) is 3.61. The summed E-state index contributed by atoms with van der Waals surface area (Å²) in [5.74, 6) is 1.63. The molecule has 4 nitrogen and oxygen atoms in total. The van der Waals surface area contributed by atoms with Crippen LogP contribution in [0.4, 0.5) is 0 Å². The van der Waals surface area contributed by atoms with Crippen molar-refractivity contribution in [3.63, 3.8) is 0 Å². The van der Waals surface area contributed by atoms with E-state index in [9.17, 15) is 0 Å². The van der Waals surface area contributed by atoms with E-state index in [-0.39, 0.29) is 0 Å². The zero-order chi connectivity index (χ0) is 36.3. The Balaban J connectivity index is 0.990. The summed E-state index contributed by atoms with van der Waals surface area (Å²) in [5.41, 5.74) is 17.6. The number of para-hydroxylation sites is 3. The maximum atomic E-state index is 5.25. The van der Waals surface area contributed by atoms with E-state index in [2.05, 4.69) is 187 Å². The molecule has 0 fully saturated rings. The van der Waals surface area contributed by atoms with Crippen LogP contribution in [0.15, 0.2) is 194 Å². The fourth-order valence-electron chi connectivity index (χ4n) is 8.17. The van der Waals surface area contributed by atoms with Crippen molar-refractivity contribution < 1.29 is 0 Å². The van der Waals surface area contributed by atoms with E-state index in [1.165, 1.54) is 27.8 Å². The molecule has 4 heteroatoms. The van der Waals surface area contributed by atoms with Gasteiger partial charge in [0.15, 0.2) is 5.82 Å². The lowest BCUT2D eigenvalue weighted by molar-refractivity contribution is 1.11. The lowest BCUT2D eigenvalue weighted by Crippen LogP contribution is -1.99. The summed E-state index contributed by atoms with van der Waals surface area (Å²) >= 11 is 0. The van der Waals surface area contributed by atoms with Gasteiger partial charge in [0.05, 0.1) is 27.9 Å². The lowest BCUT2D eigenvalue weighted by Gasteiger charge is -2.13. The molecule has 2 aromatic heterocycles. The summed E-state index contributed by atoms with van der Waals surface area (Å²) in [4.78, 5) is 15.6. The highest BCUT2D eigenvalue weighted by Gasteiger charge is 2.25. The molecule has 11 rings (SSSR count). The van der Waals surface area contributed by atoms with Gasteiger partial charge in [-0.05, 0) is 63.7 Å². The predicted octanol–water partition coefficient (Wildman–Crippen LogP) is 13.0. The van der Waals surface area contributed by atoms with Gasteiger partial charge in [-0.3, -0.25) is 4.57 Å². The van der Waals surface area contributed by atoms with Crippen molar-refractivity contribution in [2.75, 3.05) is 0 Å². The second-order valence-electron chi connectivity index (χ2n) is 14.0. The van der Waals surface area contributed by atoms with E-state index in [0.29, 0.717) is 5.82 Å². The van der Waals surface area contributed by atoms with E-state index in [4.69, 9.17) is 15.0 Å². The number of aromatic nitrogens is 4. The van der Waals surface area contributed by atoms with Crippen LogP contribution in [0.3, 0.4) is 0 Å². The third kappa shape index (κ3) is 5.19. The SMILES string of the molecule is c1ccc(-c2cccc(-c3nc(-c4cccc(-c5ccc(-c6nc7cccc8c7n6-c6ccccc6-c6ccccc6-8)cc5)c4)nc4ccccc34)c2)cc1. The molecule has 0 aliphatic carbocycles. The first-order valence-corrected chi connectivity index (χ1v) is 18.6. The van der Waals surface area contributed by atoms with E-state index >= 15 is 0 Å². The van der Waals surface area contributed by atoms with E-state index in [0.717, 1.165) is 72.5 Å². The van der Waals surface area contributed by atoms with Crippen molar-refractivity contribution in [2.24, 2.45) is 0 Å². The molecular formula is C51H32N4. The van der Waals surface area contributed by atoms with Gasteiger partial charge >= 0.3 is 0 Å². The molecule has 55 heavy (non-hydrogen) atoms. The summed E-state index contributed by atoms with van der Waals surface area (Å²) in [6, 6.07) is 68.5. The van der Waals surface area contributed by atoms with Crippen LogP contribution in [0.1, 0.15) is 0 Å². The molecule has 1 aliphatic heterocycles. The van der Waals surface area contributed by atoms with E-state index in [1.54, 1.807) is 0 Å². The summed E-state index contributed by atoms with van der Waals surface area (Å²) in [6.45, 7) is 0. The summed E-state index contributed by atoms with van der Waals surface area (Å²) in [5, 5.41) is 1.03. The van der Waals surface area contributed by atoms with Crippen LogP contribution in [0.5, 0.6) is 0 Å². The van der Waals surface area contributed by atoms with Gasteiger partial charge in [0.2, 0.25) is 0 Å². The maximum Gasteiger partial charge on any atom is 0.160 e. The molecule has 0 spiro atoms. The molecule has 0 bridgehead atoms. The summed E-state index contributed by atoms with van der Waals surface area (Å²) < 4.78 is 2.35. The van der Waals surface area contributed by atoms with Gasteiger partial charge in [-0.15, -0.1) is 0 Å². The molecule has 3 heterocycles. The molecule has 0 radical (unpaired) electrons. The third-order valence-corrected chi connectivity index (χ3v) is 10.8. The highest BCUT2D eigenvalue weighted by atomic mass is 15.1. The zero-order valence-corrected chi connectivity index (χ0v) is 29.8. The Morgan fingerprint density at radius 3 is 1.69 bits per heavy atom. The Labute approximate surface area is 318 Å². The number of nitrogens with zero attached hydrogens (tertiary/aromatic N) is 4. The molecule has 0 N–H and O–H groups in total. The second kappa shape index (κ2) is 12.6. The van der Waals surface area contributed by atoms with Gasteiger partial charge in [0.25, 0.3) is 0 Å². The number of imidazole rings is 1. The zero-order valence-electron chi connectivity index (χ0n) is 29.8. The monoisotopic (exact) mass is 700 g/mol. The number of benzene rings is 8. The first-order valence-electron chi connectivity index (χ1n) is 18.6. The van der Waals surface area contributed by atoms with Crippen LogP contribution in [0.25, 0.3) is 106 Å². The minimum Gasteiger partial charge on any atom is -0.291 e. The normalized spacial score (nSPS) is 11.6. The lowest BCUT2D eigenvalue weighted by atomic mass is 9.94. The van der Waals surface area contributed by atoms with Crippen LogP contribution in [-0.2, 0) is 0 Å². The molecule has 0 unspecified atom stereocenters. The Kier molecular flexibility index (Phi) is 7.14. The quantitative estimate of drug-likeness (QED) is 0.179. The topological polar surface area (TPSA) is 43.6 Å². The Bertz CT molecular complexity index is 3090. The van der Waals surface area contributed by atoms with Gasteiger partial charge in [-0.1, -0.05) is 164 Å². The molecule has 10 aromatic rings. The van der Waals surface area contributed by atoms with E-state index < -0.39 is 0 Å². The van der Waals surface area contributed by atoms with Crippen molar-refractivity contribution in [3.8, 4) is 84.2 Å². The number of fused-ring (bicyclic) bond motifs is 6. The third-order valence-electron chi connectivity index (χ3n) is 10.8. The van der Waals surface area contributed by atoms with Crippen LogP contribution < -0.4 is 0 Å². The standard InChI is InChI=1S/C51H32N4/c1-2-13-33(14-3-1)36-15-10-17-38(31-36)48-44-22-6-8-24-45(44)52-50(54-48)39-18-11-16-37(32-39)34-27-29-35(30-28-34)51-53-46-25-12-23-43-41-20-5-4-19-40(41)42-21-7-9-26-47(42)55(51)49(43)46/h1-32H. The number of hydrogen-bond donors (Lipinski definition) is 0. The van der Waals surface area contributed by atoms with Crippen LogP contribution in [0, 0.1) is 0 Å². The Hall–Kier alpha value is -7.43. The van der Waals surface area contributed by atoms with Crippen molar-refractivity contribution in [1.29, 1.82) is 0 Å². The minimum atomic E-state index is 0.701. The first-order chi connectivity index (χ1) is 27.3. The van der Waals surface area contributed by atoms with Crippen LogP contribution in [-0.4, -0.2) is 19.5 Å². The fraction of sp³-hybridized carbons (Fsp3) is 0. The number of rotatable bonds is 5. The molecule has 0 saturated heterocycles. The van der Waals surface area contributed by atoms with Gasteiger partial charge in [0.1, 0.15) is 5.82 Å². The smallest absolute Gasteiger partial charge is 0.160 e. The van der Waals surface area contributed by atoms with Crippen molar-refractivity contribution in [1.82, 2.24) is 19.5 Å². The van der Waals surface area contributed by atoms with Gasteiger partial charge in [-0.25, -0.2) is 15.0 Å². The maximum absolute atomic E-state index is 5.25. The van der Waals surface area contributed by atoms with Crippen molar-refractivity contribution >= 4 is 21.9 Å². The first kappa shape index (κ1) is 31.1. The Morgan fingerprint density at radius 2 is 0.873 bits per heavy atom. The molecular weight excluding hydrogens is 669 g/mol. The molecule has 0 atom stereocenters. The van der Waals surface area contributed by atoms with Crippen LogP contribution in [0.2, 0.25) is 0 Å². The van der Waals surface area contributed by atoms with Crippen molar-refractivity contribution in [3.05, 3.63) is 194 Å². The minimum absolute atomic E-state index is 0.701. The highest BCUT2D eigenvalue weighted by molar-refractivity contribution is 6.04. The summed E-state index contributed by atoms with van der Waals surface area (Å²) in [7, 11) is 0. The summed E-state index contributed by atoms with van der Waals surface area (Å²) in [6.07, 6.45) is 0. The van der Waals surface area contributed by atoms with Gasteiger partial charge in [-0.2, -0.15) is 0 Å². The van der Waals surface area contributed by atoms with Gasteiger partial charge in [0, 0.05) is 33.2 Å². The predicted molar refractivity (Wildman–Crippen MR) is 226 cm³/mol. The number of hydrogen-bond acceptors (Lipinski definition) is 3. The molecule has 0 amide bonds.